The van der Waals surface area contributed by atoms with Crippen molar-refractivity contribution in [2.24, 2.45) is 0 Å². The van der Waals surface area contributed by atoms with Crippen LogP contribution in [0.4, 0.5) is 5.69 Å². The maximum atomic E-state index is 12.8. The number of benzene rings is 2. The van der Waals surface area contributed by atoms with Crippen molar-refractivity contribution >= 4 is 22.5 Å². The van der Waals surface area contributed by atoms with Crippen molar-refractivity contribution in [3.05, 3.63) is 77.1 Å². The Labute approximate surface area is 168 Å². The normalized spacial score (nSPS) is 13.3. The van der Waals surface area contributed by atoms with E-state index in [4.69, 9.17) is 4.52 Å². The third kappa shape index (κ3) is 3.29. The lowest BCUT2D eigenvalue weighted by Gasteiger charge is -2.15. The molecular weight excluding hydrogens is 362 g/mol. The van der Waals surface area contributed by atoms with Crippen LogP contribution in [0, 0.1) is 6.92 Å². The van der Waals surface area contributed by atoms with Crippen LogP contribution in [0.3, 0.4) is 0 Å². The summed E-state index contributed by atoms with van der Waals surface area (Å²) in [7, 11) is 0. The lowest BCUT2D eigenvalue weighted by molar-refractivity contribution is 0.101. The van der Waals surface area contributed by atoms with Crippen LogP contribution in [0.25, 0.3) is 22.2 Å². The van der Waals surface area contributed by atoms with E-state index < -0.39 is 0 Å². The number of hydrogen-bond acceptors (Lipinski definition) is 4. The smallest absolute Gasteiger partial charge is 0.277 e. The Kier molecular flexibility index (Phi) is 4.35. The summed E-state index contributed by atoms with van der Waals surface area (Å²) in [6, 6.07) is 15.7. The monoisotopic (exact) mass is 383 g/mol. The first-order chi connectivity index (χ1) is 14.2. The van der Waals surface area contributed by atoms with Gasteiger partial charge in [0.1, 0.15) is 0 Å². The summed E-state index contributed by atoms with van der Waals surface area (Å²) >= 11 is 0. The van der Waals surface area contributed by atoms with Crippen molar-refractivity contribution in [3.8, 4) is 11.3 Å². The van der Waals surface area contributed by atoms with Crippen molar-refractivity contribution in [1.82, 2.24) is 10.1 Å². The summed E-state index contributed by atoms with van der Waals surface area (Å²) in [6.07, 6.45) is 6.46. The predicted octanol–water partition coefficient (Wildman–Crippen LogP) is 5.33. The van der Waals surface area contributed by atoms with E-state index in [1.807, 2.05) is 37.3 Å². The van der Waals surface area contributed by atoms with Crippen LogP contribution in [0.1, 0.15) is 40.0 Å². The van der Waals surface area contributed by atoms with E-state index in [-0.39, 0.29) is 11.6 Å². The van der Waals surface area contributed by atoms with Gasteiger partial charge in [0, 0.05) is 23.2 Å². The van der Waals surface area contributed by atoms with Gasteiger partial charge in [-0.05, 0) is 73.6 Å². The van der Waals surface area contributed by atoms with Gasteiger partial charge in [0.05, 0.1) is 11.2 Å². The minimum atomic E-state index is -0.299. The molecule has 1 aliphatic rings. The maximum absolute atomic E-state index is 12.8. The Morgan fingerprint density at radius 2 is 1.90 bits per heavy atom. The highest BCUT2D eigenvalue weighted by Gasteiger charge is 2.17. The number of hydrogen-bond donors (Lipinski definition) is 1. The maximum Gasteiger partial charge on any atom is 0.277 e. The molecule has 1 N–H and O–H groups in total. The third-order valence-corrected chi connectivity index (χ3v) is 5.60. The molecular formula is C24H21N3O2. The van der Waals surface area contributed by atoms with Gasteiger partial charge in [0.15, 0.2) is 11.5 Å². The average Bonchev–Trinajstić information content (AvgIpc) is 3.26. The number of fused-ring (bicyclic) bond motifs is 2. The van der Waals surface area contributed by atoms with E-state index >= 15 is 0 Å². The minimum Gasteiger partial charge on any atom is -0.355 e. The molecule has 4 aromatic rings. The summed E-state index contributed by atoms with van der Waals surface area (Å²) < 4.78 is 5.48. The van der Waals surface area contributed by atoms with Crippen molar-refractivity contribution in [2.45, 2.75) is 32.6 Å². The summed E-state index contributed by atoms with van der Waals surface area (Å²) in [5, 5.41) is 7.84. The molecule has 1 amide bonds. The zero-order valence-corrected chi connectivity index (χ0v) is 16.2. The van der Waals surface area contributed by atoms with Crippen LogP contribution in [-0.4, -0.2) is 16.0 Å². The van der Waals surface area contributed by atoms with E-state index in [9.17, 15) is 4.79 Å². The summed E-state index contributed by atoms with van der Waals surface area (Å²) in [5.74, 6) is 0.311. The molecule has 0 bridgehead atoms. The van der Waals surface area contributed by atoms with Gasteiger partial charge in [-0.25, -0.2) is 0 Å². The first-order valence-corrected chi connectivity index (χ1v) is 9.93. The van der Waals surface area contributed by atoms with E-state index in [0.717, 1.165) is 34.9 Å². The molecule has 0 unspecified atom stereocenters. The number of anilines is 1. The molecule has 5 heteroatoms. The second-order valence-corrected chi connectivity index (χ2v) is 7.55. The van der Waals surface area contributed by atoms with Gasteiger partial charge < -0.3 is 9.84 Å². The number of amides is 1. The zero-order valence-electron chi connectivity index (χ0n) is 16.2. The Balaban J connectivity index is 1.41. The molecule has 2 aromatic heterocycles. The van der Waals surface area contributed by atoms with Gasteiger partial charge in [-0.2, -0.15) is 0 Å². The highest BCUT2D eigenvalue weighted by atomic mass is 16.5. The molecule has 0 saturated carbocycles. The second kappa shape index (κ2) is 7.17. The van der Waals surface area contributed by atoms with Crippen LogP contribution in [0.15, 0.2) is 59.3 Å². The second-order valence-electron chi connectivity index (χ2n) is 7.55. The highest BCUT2D eigenvalue weighted by Crippen LogP contribution is 2.29. The number of nitrogens with one attached hydrogen (secondary N) is 1. The van der Waals surface area contributed by atoms with Crippen LogP contribution >= 0.6 is 0 Å². The molecule has 29 heavy (non-hydrogen) atoms. The van der Waals surface area contributed by atoms with Crippen LogP contribution in [0.2, 0.25) is 0 Å². The Morgan fingerprint density at radius 1 is 1.03 bits per heavy atom. The standard InChI is InChI=1S/C24H21N3O2/c1-15-8-11-20(19-7-4-12-25-23(15)19)26-24(28)21-14-22(29-27-21)18-10-9-16-5-2-3-6-17(16)13-18/h4,7-14H,2-3,5-6H2,1H3,(H,26,28). The van der Waals surface area contributed by atoms with Crippen LogP contribution < -0.4 is 5.32 Å². The lowest BCUT2D eigenvalue weighted by atomic mass is 9.90. The van der Waals surface area contributed by atoms with Gasteiger partial charge in [0.25, 0.3) is 5.91 Å². The fraction of sp³-hybridized carbons (Fsp3) is 0.208. The predicted molar refractivity (Wildman–Crippen MR) is 113 cm³/mol. The molecule has 0 atom stereocenters. The van der Waals surface area contributed by atoms with Gasteiger partial charge in [-0.3, -0.25) is 9.78 Å². The van der Waals surface area contributed by atoms with Crippen molar-refractivity contribution in [3.63, 3.8) is 0 Å². The molecule has 5 rings (SSSR count). The molecule has 144 valence electrons. The number of rotatable bonds is 3. The zero-order chi connectivity index (χ0) is 19.8. The van der Waals surface area contributed by atoms with Crippen LogP contribution in [0.5, 0.6) is 0 Å². The molecule has 5 nitrogen and oxygen atoms in total. The summed E-state index contributed by atoms with van der Waals surface area (Å²) in [5.41, 5.74) is 6.65. The number of carbonyl (C=O) groups excluding carboxylic acids is 1. The fourth-order valence-corrected chi connectivity index (χ4v) is 4.01. The number of aryl methyl sites for hydroxylation is 3. The molecule has 2 aromatic carbocycles. The topological polar surface area (TPSA) is 68.0 Å². The quantitative estimate of drug-likeness (QED) is 0.519. The van der Waals surface area contributed by atoms with Crippen LogP contribution in [-0.2, 0) is 12.8 Å². The number of carbonyl (C=O) groups is 1. The Morgan fingerprint density at radius 3 is 2.79 bits per heavy atom. The first kappa shape index (κ1) is 17.6. The number of pyridine rings is 1. The Hall–Kier alpha value is -3.47. The highest BCUT2D eigenvalue weighted by molar-refractivity contribution is 6.08. The fourth-order valence-electron chi connectivity index (χ4n) is 4.01. The molecule has 0 aliphatic heterocycles. The molecule has 0 spiro atoms. The molecule has 2 heterocycles. The summed E-state index contributed by atoms with van der Waals surface area (Å²) in [4.78, 5) is 17.2. The largest absolute Gasteiger partial charge is 0.355 e. The van der Waals surface area contributed by atoms with Crippen molar-refractivity contribution in [2.75, 3.05) is 5.32 Å². The number of aromatic nitrogens is 2. The van der Waals surface area contributed by atoms with E-state index in [1.165, 1.54) is 24.0 Å². The summed E-state index contributed by atoms with van der Waals surface area (Å²) in [6.45, 7) is 2.00. The number of nitrogens with zero attached hydrogens (tertiary/aromatic N) is 2. The van der Waals surface area contributed by atoms with E-state index in [2.05, 4.69) is 27.6 Å². The first-order valence-electron chi connectivity index (χ1n) is 9.93. The average molecular weight is 383 g/mol. The SMILES string of the molecule is Cc1ccc(NC(=O)c2cc(-c3ccc4c(c3)CCCC4)on2)c2cccnc12. The van der Waals surface area contributed by atoms with Crippen molar-refractivity contribution in [1.29, 1.82) is 0 Å². The minimum absolute atomic E-state index is 0.260. The third-order valence-electron chi connectivity index (χ3n) is 5.60. The van der Waals surface area contributed by atoms with Gasteiger partial charge in [-0.1, -0.05) is 23.4 Å². The Bertz CT molecular complexity index is 1230. The lowest BCUT2D eigenvalue weighted by Crippen LogP contribution is -2.12. The molecule has 0 fully saturated rings. The molecule has 0 saturated heterocycles. The van der Waals surface area contributed by atoms with Gasteiger partial charge >= 0.3 is 0 Å². The van der Waals surface area contributed by atoms with Crippen molar-refractivity contribution < 1.29 is 9.32 Å². The van der Waals surface area contributed by atoms with E-state index in [0.29, 0.717) is 11.4 Å². The van der Waals surface area contributed by atoms with Gasteiger partial charge in [0.2, 0.25) is 0 Å². The van der Waals surface area contributed by atoms with Gasteiger partial charge in [-0.15, -0.1) is 0 Å². The van der Waals surface area contributed by atoms with E-state index in [1.54, 1.807) is 12.3 Å². The molecule has 0 radical (unpaired) electrons. The molecule has 1 aliphatic carbocycles.